The zero-order valence-electron chi connectivity index (χ0n) is 11.1. The van der Waals surface area contributed by atoms with Gasteiger partial charge in [0, 0.05) is 31.8 Å². The average Bonchev–Trinajstić information content (AvgIpc) is 2.90. The third kappa shape index (κ3) is 2.96. The Kier molecular flexibility index (Phi) is 3.93. The highest BCUT2D eigenvalue weighted by Gasteiger charge is 2.32. The van der Waals surface area contributed by atoms with Gasteiger partial charge in [-0.3, -0.25) is 9.78 Å². The molecule has 3 rings (SSSR count). The van der Waals surface area contributed by atoms with Crippen molar-refractivity contribution < 1.29 is 18.7 Å². The van der Waals surface area contributed by atoms with Gasteiger partial charge in [0.15, 0.2) is 0 Å². The van der Waals surface area contributed by atoms with Crippen molar-refractivity contribution in [3.63, 3.8) is 0 Å². The molecule has 2 saturated heterocycles. The van der Waals surface area contributed by atoms with Crippen LogP contribution in [0.4, 0.5) is 4.39 Å². The number of carbonyl (C=O) groups is 1. The molecule has 0 spiro atoms. The summed E-state index contributed by atoms with van der Waals surface area (Å²) in [5, 5.41) is 0. The predicted octanol–water partition coefficient (Wildman–Crippen LogP) is 1.10. The standard InChI is InChI=1S/C14H17FN2O3/c15-12-3-11(4-16-5-12)14(18)17-6-13(7-17)20-9-10-1-2-19-8-10/h3-5,10,13H,1-2,6-9H2. The van der Waals surface area contributed by atoms with Crippen molar-refractivity contribution in [1.82, 2.24) is 9.88 Å². The molecule has 1 aromatic heterocycles. The second-order valence-electron chi connectivity index (χ2n) is 5.29. The Hall–Kier alpha value is -1.53. The normalized spacial score (nSPS) is 22.9. The van der Waals surface area contributed by atoms with Crippen molar-refractivity contribution in [3.8, 4) is 0 Å². The fraction of sp³-hybridized carbons (Fsp3) is 0.571. The Balaban J connectivity index is 1.44. The molecule has 20 heavy (non-hydrogen) atoms. The number of nitrogens with zero attached hydrogens (tertiary/aromatic N) is 2. The maximum Gasteiger partial charge on any atom is 0.255 e. The van der Waals surface area contributed by atoms with Crippen LogP contribution >= 0.6 is 0 Å². The second kappa shape index (κ2) is 5.85. The minimum Gasteiger partial charge on any atom is -0.381 e. The summed E-state index contributed by atoms with van der Waals surface area (Å²) in [4.78, 5) is 17.4. The number of likely N-dealkylation sites (tertiary alicyclic amines) is 1. The molecule has 1 unspecified atom stereocenters. The van der Waals surface area contributed by atoms with E-state index in [2.05, 4.69) is 4.98 Å². The summed E-state index contributed by atoms with van der Waals surface area (Å²) < 4.78 is 24.0. The highest BCUT2D eigenvalue weighted by atomic mass is 19.1. The molecule has 5 nitrogen and oxygen atoms in total. The van der Waals surface area contributed by atoms with E-state index in [1.165, 1.54) is 12.3 Å². The van der Waals surface area contributed by atoms with Crippen LogP contribution in [0.3, 0.4) is 0 Å². The number of pyridine rings is 1. The van der Waals surface area contributed by atoms with Crippen molar-refractivity contribution in [3.05, 3.63) is 29.8 Å². The van der Waals surface area contributed by atoms with Crippen molar-refractivity contribution in [2.24, 2.45) is 5.92 Å². The number of ether oxygens (including phenoxy) is 2. The average molecular weight is 280 g/mol. The van der Waals surface area contributed by atoms with Crippen LogP contribution in [0.15, 0.2) is 18.5 Å². The van der Waals surface area contributed by atoms with Gasteiger partial charge in [0.25, 0.3) is 5.91 Å². The van der Waals surface area contributed by atoms with E-state index >= 15 is 0 Å². The summed E-state index contributed by atoms with van der Waals surface area (Å²) in [5.74, 6) is -0.210. The van der Waals surface area contributed by atoms with Crippen LogP contribution in [0.5, 0.6) is 0 Å². The molecule has 1 amide bonds. The molecule has 0 aromatic carbocycles. The monoisotopic (exact) mass is 280 g/mol. The summed E-state index contributed by atoms with van der Waals surface area (Å²) in [6.45, 7) is 3.39. The topological polar surface area (TPSA) is 51.7 Å². The van der Waals surface area contributed by atoms with Gasteiger partial charge < -0.3 is 14.4 Å². The molecule has 0 aliphatic carbocycles. The van der Waals surface area contributed by atoms with Gasteiger partial charge in [-0.25, -0.2) is 4.39 Å². The second-order valence-corrected chi connectivity index (χ2v) is 5.29. The van der Waals surface area contributed by atoms with Crippen molar-refractivity contribution in [2.75, 3.05) is 32.9 Å². The highest BCUT2D eigenvalue weighted by Crippen LogP contribution is 2.19. The van der Waals surface area contributed by atoms with E-state index in [9.17, 15) is 9.18 Å². The molecule has 0 N–H and O–H groups in total. The van der Waals surface area contributed by atoms with Crippen molar-refractivity contribution in [1.29, 1.82) is 0 Å². The van der Waals surface area contributed by atoms with Crippen LogP contribution in [0.2, 0.25) is 0 Å². The maximum absolute atomic E-state index is 13.0. The molecule has 0 radical (unpaired) electrons. The van der Waals surface area contributed by atoms with Gasteiger partial charge in [0.05, 0.1) is 31.1 Å². The largest absolute Gasteiger partial charge is 0.381 e. The molecular formula is C14H17FN2O3. The van der Waals surface area contributed by atoms with E-state index in [1.54, 1.807) is 4.90 Å². The first-order valence-corrected chi connectivity index (χ1v) is 6.81. The van der Waals surface area contributed by atoms with Gasteiger partial charge in [0.1, 0.15) is 5.82 Å². The summed E-state index contributed by atoms with van der Waals surface area (Å²) in [6.07, 6.45) is 3.60. The molecule has 2 fully saturated rings. The van der Waals surface area contributed by atoms with E-state index in [0.29, 0.717) is 25.6 Å². The van der Waals surface area contributed by atoms with Gasteiger partial charge in [0.2, 0.25) is 0 Å². The fourth-order valence-corrected chi connectivity index (χ4v) is 2.41. The van der Waals surface area contributed by atoms with E-state index in [0.717, 1.165) is 25.8 Å². The van der Waals surface area contributed by atoms with Gasteiger partial charge in [-0.2, -0.15) is 0 Å². The third-order valence-electron chi connectivity index (χ3n) is 3.68. The molecule has 0 bridgehead atoms. The smallest absolute Gasteiger partial charge is 0.255 e. The van der Waals surface area contributed by atoms with Crippen LogP contribution in [0.25, 0.3) is 0 Å². The number of amides is 1. The van der Waals surface area contributed by atoms with Crippen LogP contribution in [-0.2, 0) is 9.47 Å². The third-order valence-corrected chi connectivity index (χ3v) is 3.68. The number of aromatic nitrogens is 1. The first kappa shape index (κ1) is 13.5. The van der Waals surface area contributed by atoms with Crippen molar-refractivity contribution in [2.45, 2.75) is 12.5 Å². The lowest BCUT2D eigenvalue weighted by Crippen LogP contribution is -2.55. The molecule has 0 saturated carbocycles. The molecule has 1 aromatic rings. The zero-order valence-corrected chi connectivity index (χ0v) is 11.1. The number of rotatable bonds is 4. The van der Waals surface area contributed by atoms with Crippen LogP contribution < -0.4 is 0 Å². The van der Waals surface area contributed by atoms with Crippen LogP contribution in [0.1, 0.15) is 16.8 Å². The minimum absolute atomic E-state index is 0.0843. The summed E-state index contributed by atoms with van der Waals surface area (Å²) in [7, 11) is 0. The van der Waals surface area contributed by atoms with E-state index in [1.807, 2.05) is 0 Å². The van der Waals surface area contributed by atoms with Crippen LogP contribution in [-0.4, -0.2) is 54.8 Å². The first-order chi connectivity index (χ1) is 9.72. The van der Waals surface area contributed by atoms with Crippen molar-refractivity contribution >= 4 is 5.91 Å². The predicted molar refractivity (Wildman–Crippen MR) is 68.8 cm³/mol. The molecule has 6 heteroatoms. The Morgan fingerprint density at radius 2 is 2.35 bits per heavy atom. The molecule has 2 aliphatic heterocycles. The van der Waals surface area contributed by atoms with Gasteiger partial charge in [-0.1, -0.05) is 0 Å². The fourth-order valence-electron chi connectivity index (χ4n) is 2.41. The Morgan fingerprint density at radius 3 is 3.05 bits per heavy atom. The summed E-state index contributed by atoms with van der Waals surface area (Å²) in [5.41, 5.74) is 0.285. The molecule has 108 valence electrons. The van der Waals surface area contributed by atoms with E-state index in [4.69, 9.17) is 9.47 Å². The van der Waals surface area contributed by atoms with E-state index in [-0.39, 0.29) is 17.6 Å². The van der Waals surface area contributed by atoms with Crippen LogP contribution in [0, 0.1) is 11.7 Å². The summed E-state index contributed by atoms with van der Waals surface area (Å²) >= 11 is 0. The SMILES string of the molecule is O=C(c1cncc(F)c1)N1CC(OCC2CCOC2)C1. The number of halogens is 1. The Morgan fingerprint density at radius 1 is 1.50 bits per heavy atom. The molecule has 1 atom stereocenters. The van der Waals surface area contributed by atoms with Gasteiger partial charge in [-0.05, 0) is 12.5 Å². The lowest BCUT2D eigenvalue weighted by molar-refractivity contribution is -0.0541. The van der Waals surface area contributed by atoms with E-state index < -0.39 is 5.82 Å². The lowest BCUT2D eigenvalue weighted by atomic mass is 10.1. The molecular weight excluding hydrogens is 263 g/mol. The Labute approximate surface area is 116 Å². The lowest BCUT2D eigenvalue weighted by Gasteiger charge is -2.39. The van der Waals surface area contributed by atoms with Gasteiger partial charge in [-0.15, -0.1) is 0 Å². The maximum atomic E-state index is 13.0. The number of hydrogen-bond acceptors (Lipinski definition) is 4. The number of carbonyl (C=O) groups excluding carboxylic acids is 1. The Bertz CT molecular complexity index is 485. The zero-order chi connectivity index (χ0) is 13.9. The summed E-state index contributed by atoms with van der Waals surface area (Å²) in [6, 6.07) is 1.21. The molecule has 3 heterocycles. The van der Waals surface area contributed by atoms with Gasteiger partial charge >= 0.3 is 0 Å². The first-order valence-electron chi connectivity index (χ1n) is 6.81. The molecule has 2 aliphatic rings. The number of hydrogen-bond donors (Lipinski definition) is 0. The highest BCUT2D eigenvalue weighted by molar-refractivity contribution is 5.94. The quantitative estimate of drug-likeness (QED) is 0.828. The minimum atomic E-state index is -0.495.